The van der Waals surface area contributed by atoms with Gasteiger partial charge < -0.3 is 30.4 Å². The van der Waals surface area contributed by atoms with E-state index in [0.29, 0.717) is 29.2 Å². The second kappa shape index (κ2) is 12.5. The zero-order valence-electron chi connectivity index (χ0n) is 19.6. The van der Waals surface area contributed by atoms with Crippen LogP contribution in [-0.4, -0.2) is 32.3 Å². The maximum atomic E-state index is 12.1. The second-order valence-electron chi connectivity index (χ2n) is 7.51. The number of anilines is 2. The van der Waals surface area contributed by atoms with Crippen LogP contribution in [0.4, 0.5) is 11.4 Å². The predicted molar refractivity (Wildman–Crippen MR) is 135 cm³/mol. The van der Waals surface area contributed by atoms with Crippen molar-refractivity contribution in [1.82, 2.24) is 0 Å². The number of benzene rings is 3. The van der Waals surface area contributed by atoms with Crippen LogP contribution in [0.25, 0.3) is 17.2 Å². The van der Waals surface area contributed by atoms with Gasteiger partial charge in [0, 0.05) is 29.4 Å². The van der Waals surface area contributed by atoms with Crippen LogP contribution >= 0.6 is 0 Å². The van der Waals surface area contributed by atoms with Crippen molar-refractivity contribution in [2.75, 3.05) is 31.8 Å². The number of nitrogens with zero attached hydrogens (tertiary/aromatic N) is 1. The lowest BCUT2D eigenvalue weighted by Gasteiger charge is -2.09. The molecule has 0 saturated heterocycles. The molecule has 0 aliphatic carbocycles. The summed E-state index contributed by atoms with van der Waals surface area (Å²) in [6.45, 7) is 0.147. The Morgan fingerprint density at radius 2 is 1.67 bits per heavy atom. The Kier molecular flexibility index (Phi) is 8.89. The number of esters is 2. The molecule has 0 spiro atoms. The maximum Gasteiger partial charge on any atom is 0.340 e. The molecule has 184 valence electrons. The van der Waals surface area contributed by atoms with E-state index in [2.05, 4.69) is 0 Å². The van der Waals surface area contributed by atoms with Crippen molar-refractivity contribution in [3.63, 3.8) is 0 Å². The highest BCUT2D eigenvalue weighted by molar-refractivity contribution is 5.95. The van der Waals surface area contributed by atoms with Crippen molar-refractivity contribution in [3.05, 3.63) is 77.9 Å². The van der Waals surface area contributed by atoms with Crippen molar-refractivity contribution in [2.45, 2.75) is 6.42 Å². The third-order valence-corrected chi connectivity index (χ3v) is 5.05. The van der Waals surface area contributed by atoms with Crippen LogP contribution in [0.15, 0.2) is 66.7 Å². The van der Waals surface area contributed by atoms with E-state index in [1.165, 1.54) is 25.3 Å². The van der Waals surface area contributed by atoms with Crippen LogP contribution in [0.1, 0.15) is 22.3 Å². The van der Waals surface area contributed by atoms with Crippen LogP contribution < -0.4 is 20.9 Å². The summed E-state index contributed by atoms with van der Waals surface area (Å²) in [5.41, 5.74) is 14.8. The Morgan fingerprint density at radius 1 is 0.944 bits per heavy atom. The van der Waals surface area contributed by atoms with Crippen molar-refractivity contribution in [2.24, 2.45) is 0 Å². The van der Waals surface area contributed by atoms with E-state index in [1.807, 2.05) is 30.3 Å². The first-order chi connectivity index (χ1) is 17.4. The summed E-state index contributed by atoms with van der Waals surface area (Å²) >= 11 is 0. The third kappa shape index (κ3) is 7.01. The molecule has 0 unspecified atom stereocenters. The number of nitriles is 1. The number of carbonyl (C=O) groups excluding carboxylic acids is 2. The van der Waals surface area contributed by atoms with E-state index in [9.17, 15) is 9.59 Å². The fourth-order valence-corrected chi connectivity index (χ4v) is 3.24. The Bertz CT molecular complexity index is 1300. The first-order valence-electron chi connectivity index (χ1n) is 10.9. The van der Waals surface area contributed by atoms with Gasteiger partial charge in [-0.25, -0.2) is 9.59 Å². The van der Waals surface area contributed by atoms with Crippen LogP contribution in [-0.2, 0) is 14.3 Å². The molecule has 0 heterocycles. The summed E-state index contributed by atoms with van der Waals surface area (Å²) in [6, 6.07) is 17.1. The number of nitrogen functional groups attached to an aromatic ring is 2. The quantitative estimate of drug-likeness (QED) is 0.141. The van der Waals surface area contributed by atoms with Gasteiger partial charge in [-0.05, 0) is 53.6 Å². The molecule has 0 atom stereocenters. The number of carbonyl (C=O) groups is 2. The van der Waals surface area contributed by atoms with Crippen LogP contribution in [0.5, 0.6) is 11.5 Å². The van der Waals surface area contributed by atoms with E-state index in [1.54, 1.807) is 30.5 Å². The molecular weight excluding hydrogens is 462 g/mol. The van der Waals surface area contributed by atoms with Crippen molar-refractivity contribution in [3.8, 4) is 28.9 Å². The molecule has 3 rings (SSSR count). The monoisotopic (exact) mass is 487 g/mol. The normalized spacial score (nSPS) is 10.4. The number of ether oxygens (including phenoxy) is 4. The van der Waals surface area contributed by atoms with Gasteiger partial charge >= 0.3 is 11.9 Å². The molecule has 3 aromatic rings. The summed E-state index contributed by atoms with van der Waals surface area (Å²) < 4.78 is 20.5. The lowest BCUT2D eigenvalue weighted by Crippen LogP contribution is -2.11. The highest BCUT2D eigenvalue weighted by Gasteiger charge is 2.11. The fourth-order valence-electron chi connectivity index (χ4n) is 3.24. The minimum atomic E-state index is -0.569. The van der Waals surface area contributed by atoms with Gasteiger partial charge in [0.1, 0.15) is 11.5 Å². The molecular formula is C27H25N3O6. The average Bonchev–Trinajstić information content (AvgIpc) is 2.87. The Balaban J connectivity index is 1.48. The van der Waals surface area contributed by atoms with E-state index >= 15 is 0 Å². The standard InChI is InChI=1S/C27H25N3O6/c1-33-25-15-20(18-5-9-22(10-6-18)36-17-28)4-3-19(25)7-12-26(31)34-13-2-14-35-27(32)23-11-8-21(29)16-24(23)30/h3-12,15-16H,2,13-14,29-30H2,1H3/b12-7+. The van der Waals surface area contributed by atoms with Gasteiger partial charge in [-0.15, -0.1) is 5.26 Å². The summed E-state index contributed by atoms with van der Waals surface area (Å²) in [6.07, 6.45) is 4.86. The van der Waals surface area contributed by atoms with Gasteiger partial charge in [0.2, 0.25) is 0 Å². The van der Waals surface area contributed by atoms with Gasteiger partial charge in [-0.3, -0.25) is 0 Å². The zero-order valence-corrected chi connectivity index (χ0v) is 19.6. The molecule has 0 aromatic heterocycles. The molecule has 9 heteroatoms. The number of hydrogen-bond acceptors (Lipinski definition) is 9. The first kappa shape index (κ1) is 25.6. The number of methoxy groups -OCH3 is 1. The zero-order chi connectivity index (χ0) is 25.9. The molecule has 0 fully saturated rings. The Hall–Kier alpha value is -4.97. The van der Waals surface area contributed by atoms with Crippen molar-refractivity contribution >= 4 is 29.4 Å². The summed E-state index contributed by atoms with van der Waals surface area (Å²) in [5.74, 6) is -0.0808. The molecule has 9 nitrogen and oxygen atoms in total. The van der Waals surface area contributed by atoms with Crippen LogP contribution in [0.3, 0.4) is 0 Å². The molecule has 0 aliphatic heterocycles. The average molecular weight is 488 g/mol. The lowest BCUT2D eigenvalue weighted by atomic mass is 10.0. The Labute approximate surface area is 208 Å². The predicted octanol–water partition coefficient (Wildman–Crippen LogP) is 4.19. The summed E-state index contributed by atoms with van der Waals surface area (Å²) in [7, 11) is 1.54. The van der Waals surface area contributed by atoms with E-state index < -0.39 is 11.9 Å². The SMILES string of the molecule is COc1cc(-c2ccc(OC#N)cc2)ccc1/C=C/C(=O)OCCCOC(=O)c1ccc(N)cc1N. The van der Waals surface area contributed by atoms with Gasteiger partial charge in [0.25, 0.3) is 6.26 Å². The van der Waals surface area contributed by atoms with Crippen LogP contribution in [0.2, 0.25) is 0 Å². The molecule has 36 heavy (non-hydrogen) atoms. The second-order valence-corrected chi connectivity index (χ2v) is 7.51. The minimum absolute atomic E-state index is 0.0680. The fraction of sp³-hybridized carbons (Fsp3) is 0.148. The lowest BCUT2D eigenvalue weighted by molar-refractivity contribution is -0.137. The molecule has 4 N–H and O–H groups in total. The summed E-state index contributed by atoms with van der Waals surface area (Å²) in [4.78, 5) is 24.1. The number of nitrogens with two attached hydrogens (primary N) is 2. The molecule has 0 aliphatic rings. The van der Waals surface area contributed by atoms with E-state index in [4.69, 9.17) is 35.7 Å². The van der Waals surface area contributed by atoms with E-state index in [0.717, 1.165) is 11.1 Å². The highest BCUT2D eigenvalue weighted by atomic mass is 16.5. The molecule has 3 aromatic carbocycles. The Morgan fingerprint density at radius 3 is 2.36 bits per heavy atom. The number of hydrogen-bond donors (Lipinski definition) is 2. The first-order valence-corrected chi connectivity index (χ1v) is 10.9. The van der Waals surface area contributed by atoms with E-state index in [-0.39, 0.29) is 24.5 Å². The van der Waals surface area contributed by atoms with Gasteiger partial charge in [-0.1, -0.05) is 24.3 Å². The smallest absolute Gasteiger partial charge is 0.340 e. The highest BCUT2D eigenvalue weighted by Crippen LogP contribution is 2.29. The minimum Gasteiger partial charge on any atom is -0.496 e. The molecule has 0 amide bonds. The maximum absolute atomic E-state index is 12.1. The molecule has 0 saturated carbocycles. The largest absolute Gasteiger partial charge is 0.496 e. The molecule has 0 radical (unpaired) electrons. The van der Waals surface area contributed by atoms with Gasteiger partial charge in [0.05, 0.1) is 25.9 Å². The van der Waals surface area contributed by atoms with Gasteiger partial charge in [-0.2, -0.15) is 0 Å². The topological polar surface area (TPSA) is 147 Å². The van der Waals surface area contributed by atoms with Crippen molar-refractivity contribution < 1.29 is 28.5 Å². The number of rotatable bonds is 10. The van der Waals surface area contributed by atoms with Gasteiger partial charge in [0.15, 0.2) is 0 Å². The third-order valence-electron chi connectivity index (χ3n) is 5.05. The van der Waals surface area contributed by atoms with Crippen LogP contribution in [0, 0.1) is 11.5 Å². The molecule has 0 bridgehead atoms. The van der Waals surface area contributed by atoms with Crippen molar-refractivity contribution in [1.29, 1.82) is 5.26 Å². The summed E-state index contributed by atoms with van der Waals surface area (Å²) in [5, 5.41) is 8.59.